The quantitative estimate of drug-likeness (QED) is 0.327. The van der Waals surface area contributed by atoms with Gasteiger partial charge in [-0.15, -0.1) is 0 Å². The molecule has 0 saturated carbocycles. The molecule has 148 valence electrons. The highest BCUT2D eigenvalue weighted by Crippen LogP contribution is 2.30. The number of nitrogens with one attached hydrogen (secondary N) is 2. The predicted octanol–water partition coefficient (Wildman–Crippen LogP) is 5.54. The topological polar surface area (TPSA) is 74.0 Å². The molecular formula is C23H22BrN3O2. The summed E-state index contributed by atoms with van der Waals surface area (Å²) in [6.07, 6.45) is 6.92. The Bertz CT molecular complexity index is 1160. The van der Waals surface area contributed by atoms with Crippen LogP contribution in [0.2, 0.25) is 0 Å². The van der Waals surface area contributed by atoms with Gasteiger partial charge in [-0.05, 0) is 67.8 Å². The van der Waals surface area contributed by atoms with Crippen molar-refractivity contribution in [1.29, 1.82) is 5.26 Å². The predicted molar refractivity (Wildman–Crippen MR) is 118 cm³/mol. The van der Waals surface area contributed by atoms with Crippen molar-refractivity contribution < 1.29 is 9.15 Å². The number of hydrogen-bond donors (Lipinski definition) is 2. The molecule has 4 rings (SSSR count). The molecule has 0 unspecified atom stereocenters. The second kappa shape index (κ2) is 9.17. The number of aromatic nitrogens is 1. The minimum absolute atomic E-state index is 0.589. The first-order valence-corrected chi connectivity index (χ1v) is 10.5. The zero-order chi connectivity index (χ0) is 20.1. The Morgan fingerprint density at radius 3 is 2.97 bits per heavy atom. The number of aryl methyl sites for hydroxylation is 1. The van der Waals surface area contributed by atoms with E-state index in [0.717, 1.165) is 64.4 Å². The number of hydrogen-bond acceptors (Lipinski definition) is 4. The van der Waals surface area contributed by atoms with E-state index < -0.39 is 0 Å². The van der Waals surface area contributed by atoms with Gasteiger partial charge in [0.15, 0.2) is 11.3 Å². The highest BCUT2D eigenvalue weighted by atomic mass is 79.9. The summed E-state index contributed by atoms with van der Waals surface area (Å²) in [5, 5.41) is 14.7. The zero-order valence-electron chi connectivity index (χ0n) is 16.0. The van der Waals surface area contributed by atoms with Gasteiger partial charge in [-0.25, -0.2) is 0 Å². The van der Waals surface area contributed by atoms with Gasteiger partial charge in [0.25, 0.3) is 0 Å². The average Bonchev–Trinajstić information content (AvgIpc) is 3.36. The lowest BCUT2D eigenvalue weighted by atomic mass is 10.1. The molecule has 2 aromatic carbocycles. The summed E-state index contributed by atoms with van der Waals surface area (Å²) in [5.41, 5.74) is 3.86. The molecule has 2 aromatic heterocycles. The largest absolute Gasteiger partial charge is 0.488 e. The van der Waals surface area contributed by atoms with Crippen LogP contribution in [-0.4, -0.2) is 24.7 Å². The van der Waals surface area contributed by atoms with E-state index in [0.29, 0.717) is 12.2 Å². The molecule has 0 radical (unpaired) electrons. The molecule has 2 heterocycles. The fourth-order valence-electron chi connectivity index (χ4n) is 3.50. The van der Waals surface area contributed by atoms with E-state index in [2.05, 4.69) is 38.5 Å². The number of aromatic amines is 1. The van der Waals surface area contributed by atoms with Crippen LogP contribution in [0, 0.1) is 11.3 Å². The molecule has 29 heavy (non-hydrogen) atoms. The molecule has 0 amide bonds. The summed E-state index contributed by atoms with van der Waals surface area (Å²) in [6, 6.07) is 13.9. The number of furan rings is 1. The Morgan fingerprint density at radius 2 is 2.07 bits per heavy atom. The minimum Gasteiger partial charge on any atom is -0.488 e. The van der Waals surface area contributed by atoms with Gasteiger partial charge in [-0.3, -0.25) is 0 Å². The van der Waals surface area contributed by atoms with E-state index in [1.165, 1.54) is 5.56 Å². The Hall–Kier alpha value is -2.75. The Balaban J connectivity index is 1.17. The number of H-pyrrole nitrogens is 1. The average molecular weight is 452 g/mol. The third-order valence-electron chi connectivity index (χ3n) is 4.96. The molecule has 6 heteroatoms. The Kier molecular flexibility index (Phi) is 6.18. The van der Waals surface area contributed by atoms with Gasteiger partial charge in [-0.1, -0.05) is 15.9 Å². The number of nitrogens with zero attached hydrogens (tertiary/aromatic N) is 1. The van der Waals surface area contributed by atoms with E-state index in [4.69, 9.17) is 14.4 Å². The fourth-order valence-corrected chi connectivity index (χ4v) is 3.95. The van der Waals surface area contributed by atoms with E-state index >= 15 is 0 Å². The van der Waals surface area contributed by atoms with Crippen molar-refractivity contribution in [1.82, 2.24) is 10.3 Å². The molecular weight excluding hydrogens is 430 g/mol. The number of halogens is 1. The summed E-state index contributed by atoms with van der Waals surface area (Å²) in [7, 11) is 0. The summed E-state index contributed by atoms with van der Waals surface area (Å²) in [4.78, 5) is 3.29. The van der Waals surface area contributed by atoms with Crippen LogP contribution in [0.15, 0.2) is 57.7 Å². The number of benzene rings is 2. The zero-order valence-corrected chi connectivity index (χ0v) is 17.6. The van der Waals surface area contributed by atoms with Crippen LogP contribution in [0.3, 0.4) is 0 Å². The number of unbranched alkanes of at least 4 members (excludes halogenated alkanes) is 1. The highest BCUT2D eigenvalue weighted by Gasteiger charge is 2.07. The molecule has 4 aromatic rings. The fraction of sp³-hybridized carbons (Fsp3) is 0.261. The lowest BCUT2D eigenvalue weighted by molar-refractivity contribution is 0.312. The van der Waals surface area contributed by atoms with E-state index in [9.17, 15) is 0 Å². The van der Waals surface area contributed by atoms with Gasteiger partial charge in [0, 0.05) is 33.5 Å². The van der Waals surface area contributed by atoms with Crippen molar-refractivity contribution in [2.75, 3.05) is 19.7 Å². The lowest BCUT2D eigenvalue weighted by Crippen LogP contribution is -2.22. The molecule has 2 N–H and O–H groups in total. The molecule has 0 fully saturated rings. The third-order valence-corrected chi connectivity index (χ3v) is 5.42. The van der Waals surface area contributed by atoms with Gasteiger partial charge in [-0.2, -0.15) is 5.26 Å². The van der Waals surface area contributed by atoms with Crippen LogP contribution in [0.5, 0.6) is 5.75 Å². The van der Waals surface area contributed by atoms with Crippen molar-refractivity contribution in [3.8, 4) is 11.8 Å². The van der Waals surface area contributed by atoms with Crippen LogP contribution in [0.4, 0.5) is 0 Å². The van der Waals surface area contributed by atoms with Crippen molar-refractivity contribution in [2.45, 2.75) is 19.3 Å². The van der Waals surface area contributed by atoms with Crippen molar-refractivity contribution in [3.05, 3.63) is 64.5 Å². The number of nitriles is 1. The maximum atomic E-state index is 9.08. The van der Waals surface area contributed by atoms with Gasteiger partial charge in [0.2, 0.25) is 0 Å². The van der Waals surface area contributed by atoms with Gasteiger partial charge >= 0.3 is 0 Å². The SMILES string of the molecule is N#Cc1ccc2[nH]cc(CCCCNCCOc3cc(Br)cc4ccoc34)c2c1. The lowest BCUT2D eigenvalue weighted by Gasteiger charge is -2.08. The van der Waals surface area contributed by atoms with Crippen molar-refractivity contribution in [2.24, 2.45) is 0 Å². The third kappa shape index (κ3) is 4.64. The van der Waals surface area contributed by atoms with E-state index in [1.807, 2.05) is 36.4 Å². The molecule has 0 bridgehead atoms. The van der Waals surface area contributed by atoms with E-state index in [-0.39, 0.29) is 0 Å². The standard InChI is InChI=1S/C23H22BrN3O2/c24-19-12-17-6-9-29-23(17)22(13-19)28-10-8-26-7-2-1-3-18-15-27-21-5-4-16(14-25)11-20(18)21/h4-6,9,11-13,15,26-27H,1-3,7-8,10H2. The van der Waals surface area contributed by atoms with Crippen LogP contribution in [-0.2, 0) is 6.42 Å². The molecule has 0 aliphatic heterocycles. The minimum atomic E-state index is 0.589. The summed E-state index contributed by atoms with van der Waals surface area (Å²) in [5.74, 6) is 0.761. The first kappa shape index (κ1) is 19.6. The van der Waals surface area contributed by atoms with Gasteiger partial charge in [0.1, 0.15) is 6.61 Å². The molecule has 0 saturated heterocycles. The monoisotopic (exact) mass is 451 g/mol. The second-order valence-electron chi connectivity index (χ2n) is 6.98. The maximum Gasteiger partial charge on any atom is 0.175 e. The number of fused-ring (bicyclic) bond motifs is 2. The van der Waals surface area contributed by atoms with Gasteiger partial charge < -0.3 is 19.5 Å². The first-order chi connectivity index (χ1) is 14.2. The van der Waals surface area contributed by atoms with Gasteiger partial charge in [0.05, 0.1) is 17.9 Å². The maximum absolute atomic E-state index is 9.08. The van der Waals surface area contributed by atoms with E-state index in [1.54, 1.807) is 6.26 Å². The second-order valence-corrected chi connectivity index (χ2v) is 7.90. The Morgan fingerprint density at radius 1 is 1.14 bits per heavy atom. The van der Waals surface area contributed by atoms with Crippen LogP contribution in [0.25, 0.3) is 21.9 Å². The molecule has 0 aliphatic carbocycles. The van der Waals surface area contributed by atoms with Crippen LogP contribution in [0.1, 0.15) is 24.0 Å². The van der Waals surface area contributed by atoms with Crippen LogP contribution < -0.4 is 10.1 Å². The molecule has 0 atom stereocenters. The first-order valence-electron chi connectivity index (χ1n) is 9.75. The molecule has 0 aliphatic rings. The number of rotatable bonds is 9. The molecule has 5 nitrogen and oxygen atoms in total. The summed E-state index contributed by atoms with van der Waals surface area (Å²) in [6.45, 7) is 2.32. The van der Waals surface area contributed by atoms with Crippen LogP contribution >= 0.6 is 15.9 Å². The Labute approximate surface area is 177 Å². The normalized spacial score (nSPS) is 11.2. The van der Waals surface area contributed by atoms with Crippen molar-refractivity contribution in [3.63, 3.8) is 0 Å². The smallest absolute Gasteiger partial charge is 0.175 e. The highest BCUT2D eigenvalue weighted by molar-refractivity contribution is 9.10. The van der Waals surface area contributed by atoms with Crippen molar-refractivity contribution >= 4 is 37.8 Å². The number of ether oxygens (including phenoxy) is 1. The summed E-state index contributed by atoms with van der Waals surface area (Å²) >= 11 is 3.50. The summed E-state index contributed by atoms with van der Waals surface area (Å²) < 4.78 is 12.4. The molecule has 0 spiro atoms.